The van der Waals surface area contributed by atoms with Gasteiger partial charge >= 0.3 is 0 Å². The van der Waals surface area contributed by atoms with Gasteiger partial charge in [0, 0.05) is 5.92 Å². The summed E-state index contributed by atoms with van der Waals surface area (Å²) in [6, 6.07) is 5.68. The summed E-state index contributed by atoms with van der Waals surface area (Å²) in [6.45, 7) is 5.01. The van der Waals surface area contributed by atoms with Crippen LogP contribution in [0.3, 0.4) is 0 Å². The molecule has 2 fully saturated rings. The lowest BCUT2D eigenvalue weighted by atomic mass is 9.92. The second-order valence-electron chi connectivity index (χ2n) is 6.39. The number of carbonyl (C=O) groups is 1. The molecule has 1 unspecified atom stereocenters. The summed E-state index contributed by atoms with van der Waals surface area (Å²) in [4.78, 5) is 12.2. The summed E-state index contributed by atoms with van der Waals surface area (Å²) in [5.74, 6) is 1.10. The predicted octanol–water partition coefficient (Wildman–Crippen LogP) is 2.95. The van der Waals surface area contributed by atoms with Crippen molar-refractivity contribution in [3.05, 3.63) is 28.8 Å². The van der Waals surface area contributed by atoms with Crippen LogP contribution in [0, 0.1) is 18.3 Å². The van der Waals surface area contributed by atoms with Crippen LogP contribution in [0.2, 0.25) is 5.02 Å². The fraction of sp³-hybridized carbons (Fsp3) is 0.588. The predicted molar refractivity (Wildman–Crippen MR) is 94.6 cm³/mol. The van der Waals surface area contributed by atoms with Crippen molar-refractivity contribution in [1.29, 1.82) is 0 Å². The Morgan fingerprint density at radius 3 is 2.87 bits per heavy atom. The lowest BCUT2D eigenvalue weighted by molar-refractivity contribution is -0.123. The number of hydrogen-bond acceptors (Lipinski definition) is 3. The van der Waals surface area contributed by atoms with E-state index in [9.17, 15) is 4.79 Å². The third kappa shape index (κ3) is 4.11. The van der Waals surface area contributed by atoms with Crippen molar-refractivity contribution >= 4 is 29.9 Å². The first-order valence-electron chi connectivity index (χ1n) is 7.99. The van der Waals surface area contributed by atoms with Gasteiger partial charge in [-0.15, -0.1) is 12.4 Å². The molecule has 1 aliphatic heterocycles. The monoisotopic (exact) mass is 358 g/mol. The van der Waals surface area contributed by atoms with Gasteiger partial charge in [-0.1, -0.05) is 23.7 Å². The fourth-order valence-corrected chi connectivity index (χ4v) is 3.72. The van der Waals surface area contributed by atoms with Crippen LogP contribution in [-0.4, -0.2) is 32.1 Å². The van der Waals surface area contributed by atoms with Gasteiger partial charge in [0.05, 0.1) is 11.6 Å². The standard InChI is InChI=1S/C17H23ClN2O2.ClH/c1-12-3-2-4-14(18)15(12)22-10-9-20-16(21)13-11-17(13)5-7-19-8-6-17;/h2-4,13,19H,5-11H2,1H3,(H,20,21);1H. The van der Waals surface area contributed by atoms with Crippen molar-refractivity contribution in [3.8, 4) is 5.75 Å². The largest absolute Gasteiger partial charge is 0.490 e. The highest BCUT2D eigenvalue weighted by Gasteiger charge is 2.57. The third-order valence-electron chi connectivity index (χ3n) is 4.92. The van der Waals surface area contributed by atoms with Gasteiger partial charge in [-0.25, -0.2) is 0 Å². The fourth-order valence-electron chi connectivity index (χ4n) is 3.45. The number of piperidine rings is 1. The van der Waals surface area contributed by atoms with Gasteiger partial charge in [-0.05, 0) is 56.3 Å². The first-order chi connectivity index (χ1) is 10.6. The van der Waals surface area contributed by atoms with Gasteiger partial charge in [-0.2, -0.15) is 0 Å². The molecule has 6 heteroatoms. The lowest BCUT2D eigenvalue weighted by Gasteiger charge is -2.23. The van der Waals surface area contributed by atoms with Crippen molar-refractivity contribution in [1.82, 2.24) is 10.6 Å². The average molecular weight is 359 g/mol. The molecule has 1 atom stereocenters. The van der Waals surface area contributed by atoms with Crippen LogP contribution in [0.25, 0.3) is 0 Å². The average Bonchev–Trinajstić information content (AvgIpc) is 3.20. The van der Waals surface area contributed by atoms with Crippen molar-refractivity contribution in [3.63, 3.8) is 0 Å². The molecule has 1 aromatic carbocycles. The molecule has 128 valence electrons. The SMILES string of the molecule is Cc1cccc(Cl)c1OCCNC(=O)C1CC12CCNCC2.Cl. The van der Waals surface area contributed by atoms with Crippen LogP contribution >= 0.6 is 24.0 Å². The maximum absolute atomic E-state index is 12.2. The van der Waals surface area contributed by atoms with Crippen LogP contribution in [0.4, 0.5) is 0 Å². The minimum absolute atomic E-state index is 0. The molecule has 1 heterocycles. The van der Waals surface area contributed by atoms with Crippen LogP contribution in [-0.2, 0) is 4.79 Å². The smallest absolute Gasteiger partial charge is 0.223 e. The quantitative estimate of drug-likeness (QED) is 0.795. The number of carbonyl (C=O) groups excluding carboxylic acids is 1. The van der Waals surface area contributed by atoms with Gasteiger partial charge in [-0.3, -0.25) is 4.79 Å². The Morgan fingerprint density at radius 2 is 2.17 bits per heavy atom. The van der Waals surface area contributed by atoms with Crippen molar-refractivity contribution in [2.75, 3.05) is 26.2 Å². The first-order valence-corrected chi connectivity index (χ1v) is 8.36. The van der Waals surface area contributed by atoms with E-state index < -0.39 is 0 Å². The van der Waals surface area contributed by atoms with Crippen LogP contribution < -0.4 is 15.4 Å². The Balaban J connectivity index is 0.00000192. The van der Waals surface area contributed by atoms with E-state index in [1.807, 2.05) is 25.1 Å². The van der Waals surface area contributed by atoms with E-state index in [-0.39, 0.29) is 29.6 Å². The zero-order chi connectivity index (χ0) is 15.6. The molecule has 1 aliphatic carbocycles. The Hall–Kier alpha value is -0.970. The van der Waals surface area contributed by atoms with Crippen LogP contribution in [0.15, 0.2) is 18.2 Å². The number of hydrogen-bond donors (Lipinski definition) is 2. The summed E-state index contributed by atoms with van der Waals surface area (Å²) in [5, 5.41) is 6.97. The highest BCUT2D eigenvalue weighted by atomic mass is 35.5. The zero-order valence-corrected chi connectivity index (χ0v) is 14.9. The Labute approximate surface area is 148 Å². The van der Waals surface area contributed by atoms with Gasteiger partial charge in [0.15, 0.2) is 0 Å². The van der Waals surface area contributed by atoms with E-state index in [0.717, 1.165) is 37.9 Å². The third-order valence-corrected chi connectivity index (χ3v) is 5.21. The summed E-state index contributed by atoms with van der Waals surface area (Å²) in [7, 11) is 0. The number of nitrogens with one attached hydrogen (secondary N) is 2. The minimum atomic E-state index is 0. The van der Waals surface area contributed by atoms with Gasteiger partial charge in [0.2, 0.25) is 5.91 Å². The minimum Gasteiger partial charge on any atom is -0.490 e. The molecular formula is C17H24Cl2N2O2. The van der Waals surface area contributed by atoms with Gasteiger partial charge in [0.25, 0.3) is 0 Å². The first kappa shape index (κ1) is 18.4. The topological polar surface area (TPSA) is 50.4 Å². The molecule has 2 aliphatic rings. The van der Waals surface area contributed by atoms with E-state index >= 15 is 0 Å². The summed E-state index contributed by atoms with van der Waals surface area (Å²) in [6.07, 6.45) is 3.30. The van der Waals surface area contributed by atoms with Crippen molar-refractivity contribution < 1.29 is 9.53 Å². The lowest BCUT2D eigenvalue weighted by Crippen LogP contribution is -2.35. The second kappa shape index (κ2) is 7.73. The molecule has 23 heavy (non-hydrogen) atoms. The van der Waals surface area contributed by atoms with Crippen LogP contribution in [0.5, 0.6) is 5.75 Å². The molecule has 4 nitrogen and oxygen atoms in total. The summed E-state index contributed by atoms with van der Waals surface area (Å²) >= 11 is 6.11. The van der Waals surface area contributed by atoms with Gasteiger partial charge < -0.3 is 15.4 Å². The van der Waals surface area contributed by atoms with Crippen molar-refractivity contribution in [2.24, 2.45) is 11.3 Å². The highest BCUT2D eigenvalue weighted by Crippen LogP contribution is 2.58. The van der Waals surface area contributed by atoms with Crippen molar-refractivity contribution in [2.45, 2.75) is 26.2 Å². The summed E-state index contributed by atoms with van der Waals surface area (Å²) in [5.41, 5.74) is 1.30. The number of benzene rings is 1. The maximum atomic E-state index is 12.2. The molecule has 1 saturated carbocycles. The van der Waals surface area contributed by atoms with E-state index in [1.54, 1.807) is 0 Å². The molecular weight excluding hydrogens is 335 g/mol. The zero-order valence-electron chi connectivity index (χ0n) is 13.4. The Kier molecular flexibility index (Phi) is 6.18. The van der Waals surface area contributed by atoms with E-state index in [1.165, 1.54) is 0 Å². The Morgan fingerprint density at radius 1 is 1.43 bits per heavy atom. The molecule has 1 aromatic rings. The van der Waals surface area contributed by atoms with E-state index in [4.69, 9.17) is 16.3 Å². The number of para-hydroxylation sites is 1. The van der Waals surface area contributed by atoms with Crippen LogP contribution in [0.1, 0.15) is 24.8 Å². The molecule has 1 saturated heterocycles. The molecule has 0 radical (unpaired) electrons. The summed E-state index contributed by atoms with van der Waals surface area (Å²) < 4.78 is 5.70. The molecule has 3 rings (SSSR count). The maximum Gasteiger partial charge on any atom is 0.223 e. The number of halogens is 2. The Bertz CT molecular complexity index is 539. The van der Waals surface area contributed by atoms with E-state index in [2.05, 4.69) is 10.6 Å². The number of ether oxygens (including phenoxy) is 1. The molecule has 1 amide bonds. The molecule has 1 spiro atoms. The highest BCUT2D eigenvalue weighted by molar-refractivity contribution is 6.32. The van der Waals surface area contributed by atoms with Gasteiger partial charge in [0.1, 0.15) is 12.4 Å². The van der Waals surface area contributed by atoms with E-state index in [0.29, 0.717) is 23.9 Å². The molecule has 2 N–H and O–H groups in total. The number of rotatable bonds is 5. The normalized spacial score (nSPS) is 21.4. The molecule has 0 aromatic heterocycles. The second-order valence-corrected chi connectivity index (χ2v) is 6.80. The number of amides is 1. The number of aryl methyl sites for hydroxylation is 1. The molecule has 0 bridgehead atoms.